The molecule has 76 valence electrons. The zero-order valence-corrected chi connectivity index (χ0v) is 9.10. The number of hydrogen-bond acceptors (Lipinski definition) is 2. The highest BCUT2D eigenvalue weighted by molar-refractivity contribution is 6.33. The van der Waals surface area contributed by atoms with Crippen LogP contribution >= 0.6 is 11.6 Å². The van der Waals surface area contributed by atoms with Crippen LogP contribution in [-0.4, -0.2) is 14.2 Å². The summed E-state index contributed by atoms with van der Waals surface area (Å²) in [5.41, 5.74) is 1.18. The second-order valence-electron chi connectivity index (χ2n) is 3.48. The highest BCUT2D eigenvalue weighted by Gasteiger charge is 2.28. The average Bonchev–Trinajstić information content (AvgIpc) is 3.00. The van der Waals surface area contributed by atoms with Crippen LogP contribution in [0.1, 0.15) is 24.3 Å². The summed E-state index contributed by atoms with van der Waals surface area (Å²) in [5, 5.41) is 0.703. The number of methoxy groups -OCH3 is 2. The Kier molecular flexibility index (Phi) is 2.55. The monoisotopic (exact) mass is 212 g/mol. The first-order valence-corrected chi connectivity index (χ1v) is 5.06. The molecule has 0 unspecified atom stereocenters. The molecule has 0 aromatic heterocycles. The number of rotatable bonds is 3. The molecule has 3 heteroatoms. The lowest BCUT2D eigenvalue weighted by Crippen LogP contribution is -1.93. The Morgan fingerprint density at radius 3 is 2.43 bits per heavy atom. The van der Waals surface area contributed by atoms with Crippen molar-refractivity contribution in [1.82, 2.24) is 0 Å². The van der Waals surface area contributed by atoms with E-state index in [1.807, 2.05) is 12.1 Å². The van der Waals surface area contributed by atoms with Crippen LogP contribution in [0.4, 0.5) is 0 Å². The van der Waals surface area contributed by atoms with Crippen LogP contribution in [0, 0.1) is 0 Å². The zero-order chi connectivity index (χ0) is 10.1. The van der Waals surface area contributed by atoms with Crippen LogP contribution in [0.25, 0.3) is 0 Å². The SMILES string of the molecule is COc1ccc(C2CC2)c(Cl)c1OC. The number of hydrogen-bond donors (Lipinski definition) is 0. The lowest BCUT2D eigenvalue weighted by molar-refractivity contribution is 0.354. The molecule has 1 aliphatic rings. The molecule has 1 aliphatic carbocycles. The van der Waals surface area contributed by atoms with E-state index in [-0.39, 0.29) is 0 Å². The van der Waals surface area contributed by atoms with Gasteiger partial charge in [-0.05, 0) is 30.4 Å². The summed E-state index contributed by atoms with van der Waals surface area (Å²) in [7, 11) is 3.23. The van der Waals surface area contributed by atoms with Gasteiger partial charge in [0.1, 0.15) is 0 Å². The van der Waals surface area contributed by atoms with Crippen LogP contribution in [0.3, 0.4) is 0 Å². The Labute approximate surface area is 88.8 Å². The Morgan fingerprint density at radius 2 is 1.93 bits per heavy atom. The number of halogens is 1. The van der Waals surface area contributed by atoms with E-state index >= 15 is 0 Å². The predicted octanol–water partition coefficient (Wildman–Crippen LogP) is 3.23. The van der Waals surface area contributed by atoms with Crippen molar-refractivity contribution in [3.05, 3.63) is 22.7 Å². The third-order valence-electron chi connectivity index (χ3n) is 2.53. The molecule has 1 fully saturated rings. The Bertz CT molecular complexity index is 345. The van der Waals surface area contributed by atoms with E-state index in [1.165, 1.54) is 18.4 Å². The highest BCUT2D eigenvalue weighted by atomic mass is 35.5. The van der Waals surface area contributed by atoms with Crippen LogP contribution in [-0.2, 0) is 0 Å². The first-order chi connectivity index (χ1) is 6.77. The smallest absolute Gasteiger partial charge is 0.179 e. The van der Waals surface area contributed by atoms with E-state index in [0.717, 1.165) is 0 Å². The van der Waals surface area contributed by atoms with Gasteiger partial charge in [0.2, 0.25) is 0 Å². The van der Waals surface area contributed by atoms with Crippen molar-refractivity contribution >= 4 is 11.6 Å². The summed E-state index contributed by atoms with van der Waals surface area (Å²) in [5.74, 6) is 1.97. The normalized spacial score (nSPS) is 15.4. The molecule has 1 aromatic rings. The van der Waals surface area contributed by atoms with Crippen molar-refractivity contribution in [3.63, 3.8) is 0 Å². The minimum Gasteiger partial charge on any atom is -0.493 e. The second kappa shape index (κ2) is 3.70. The van der Waals surface area contributed by atoms with Gasteiger partial charge in [0.25, 0.3) is 0 Å². The van der Waals surface area contributed by atoms with Gasteiger partial charge in [-0.25, -0.2) is 0 Å². The topological polar surface area (TPSA) is 18.5 Å². The van der Waals surface area contributed by atoms with Crippen molar-refractivity contribution in [2.75, 3.05) is 14.2 Å². The molecular formula is C11H13ClO2. The zero-order valence-electron chi connectivity index (χ0n) is 8.34. The molecule has 0 bridgehead atoms. The summed E-state index contributed by atoms with van der Waals surface area (Å²) in [6.07, 6.45) is 2.46. The molecule has 0 heterocycles. The fourth-order valence-electron chi connectivity index (χ4n) is 1.61. The molecule has 1 aromatic carbocycles. The van der Waals surface area contributed by atoms with Crippen LogP contribution < -0.4 is 9.47 Å². The quantitative estimate of drug-likeness (QED) is 0.766. The molecule has 0 amide bonds. The molecule has 0 spiro atoms. The minimum atomic E-state index is 0.627. The molecule has 2 rings (SSSR count). The predicted molar refractivity (Wildman–Crippen MR) is 56.5 cm³/mol. The van der Waals surface area contributed by atoms with Crippen LogP contribution in [0.5, 0.6) is 11.5 Å². The standard InChI is InChI=1S/C11H13ClO2/c1-13-9-6-5-8(7-3-4-7)10(12)11(9)14-2/h5-7H,3-4H2,1-2H3. The van der Waals surface area contributed by atoms with Crippen LogP contribution in [0.15, 0.2) is 12.1 Å². The summed E-state index contributed by atoms with van der Waals surface area (Å²) in [6.45, 7) is 0. The van der Waals surface area contributed by atoms with Crippen molar-refractivity contribution < 1.29 is 9.47 Å². The maximum Gasteiger partial charge on any atom is 0.179 e. The van der Waals surface area contributed by atoms with Crippen molar-refractivity contribution in [2.24, 2.45) is 0 Å². The van der Waals surface area contributed by atoms with Crippen molar-refractivity contribution in [3.8, 4) is 11.5 Å². The molecule has 0 radical (unpaired) electrons. The van der Waals surface area contributed by atoms with Gasteiger partial charge in [0.05, 0.1) is 19.2 Å². The van der Waals surface area contributed by atoms with Gasteiger partial charge < -0.3 is 9.47 Å². The lowest BCUT2D eigenvalue weighted by atomic mass is 10.1. The maximum absolute atomic E-state index is 6.22. The Balaban J connectivity index is 2.45. The summed E-state index contributed by atoms with van der Waals surface area (Å²) >= 11 is 6.22. The lowest BCUT2D eigenvalue weighted by Gasteiger charge is -2.12. The summed E-state index contributed by atoms with van der Waals surface area (Å²) < 4.78 is 10.4. The fraction of sp³-hybridized carbons (Fsp3) is 0.455. The minimum absolute atomic E-state index is 0.627. The van der Waals surface area contributed by atoms with Crippen molar-refractivity contribution in [1.29, 1.82) is 0 Å². The van der Waals surface area contributed by atoms with Gasteiger partial charge in [-0.3, -0.25) is 0 Å². The number of benzene rings is 1. The van der Waals surface area contributed by atoms with E-state index in [1.54, 1.807) is 14.2 Å². The van der Waals surface area contributed by atoms with Crippen LogP contribution in [0.2, 0.25) is 5.02 Å². The Morgan fingerprint density at radius 1 is 1.21 bits per heavy atom. The van der Waals surface area contributed by atoms with E-state index in [4.69, 9.17) is 21.1 Å². The molecule has 14 heavy (non-hydrogen) atoms. The third-order valence-corrected chi connectivity index (χ3v) is 2.92. The highest BCUT2D eigenvalue weighted by Crippen LogP contribution is 2.48. The molecule has 0 saturated heterocycles. The molecule has 0 atom stereocenters. The number of ether oxygens (including phenoxy) is 2. The van der Waals surface area contributed by atoms with Gasteiger partial charge >= 0.3 is 0 Å². The molecule has 0 aliphatic heterocycles. The molecule has 0 N–H and O–H groups in total. The molecule has 1 saturated carbocycles. The molecule has 2 nitrogen and oxygen atoms in total. The first-order valence-electron chi connectivity index (χ1n) is 4.68. The van der Waals surface area contributed by atoms with Gasteiger partial charge in [0.15, 0.2) is 11.5 Å². The third kappa shape index (κ3) is 1.55. The van der Waals surface area contributed by atoms with Gasteiger partial charge in [-0.15, -0.1) is 0 Å². The van der Waals surface area contributed by atoms with Gasteiger partial charge in [-0.1, -0.05) is 17.7 Å². The maximum atomic E-state index is 6.22. The largest absolute Gasteiger partial charge is 0.493 e. The van der Waals surface area contributed by atoms with E-state index in [9.17, 15) is 0 Å². The first kappa shape index (κ1) is 9.66. The fourth-order valence-corrected chi connectivity index (χ4v) is 2.00. The van der Waals surface area contributed by atoms with Gasteiger partial charge in [0, 0.05) is 0 Å². The average molecular weight is 213 g/mol. The Hall–Kier alpha value is -0.890. The van der Waals surface area contributed by atoms with Gasteiger partial charge in [-0.2, -0.15) is 0 Å². The van der Waals surface area contributed by atoms with Crippen molar-refractivity contribution in [2.45, 2.75) is 18.8 Å². The molecular weight excluding hydrogens is 200 g/mol. The summed E-state index contributed by atoms with van der Waals surface area (Å²) in [4.78, 5) is 0. The summed E-state index contributed by atoms with van der Waals surface area (Å²) in [6, 6.07) is 3.94. The second-order valence-corrected chi connectivity index (χ2v) is 3.86. The van der Waals surface area contributed by atoms with E-state index in [0.29, 0.717) is 22.4 Å². The van der Waals surface area contributed by atoms with E-state index in [2.05, 4.69) is 0 Å². The van der Waals surface area contributed by atoms with E-state index < -0.39 is 0 Å².